The van der Waals surface area contributed by atoms with Crippen LogP contribution in [0.15, 0.2) is 22.6 Å². The summed E-state index contributed by atoms with van der Waals surface area (Å²) < 4.78 is 46.7. The van der Waals surface area contributed by atoms with Gasteiger partial charge in [0.2, 0.25) is 11.8 Å². The number of halogens is 2. The number of ether oxygens (including phenoxy) is 3. The average Bonchev–Trinajstić information content (AvgIpc) is 3.50. The zero-order valence-corrected chi connectivity index (χ0v) is 22.8. The van der Waals surface area contributed by atoms with E-state index in [0.29, 0.717) is 12.5 Å². The molecule has 1 saturated heterocycles. The number of carboxylic acids is 1. The lowest BCUT2D eigenvalue weighted by Gasteiger charge is -2.23. The highest BCUT2D eigenvalue weighted by Gasteiger charge is 2.42. The molecule has 1 aromatic heterocycles. The van der Waals surface area contributed by atoms with E-state index >= 15 is 0 Å². The number of hydrogen-bond acceptors (Lipinski definition) is 10. The number of carboxylic acid groups (broad SMARTS) is 1. The van der Waals surface area contributed by atoms with E-state index in [1.807, 2.05) is 0 Å². The lowest BCUT2D eigenvalue weighted by atomic mass is 10.1. The second kappa shape index (κ2) is 13.0. The molecule has 0 spiro atoms. The molecule has 5 N–H and O–H groups in total. The average molecular weight is 596 g/mol. The number of oxazole rings is 1. The van der Waals surface area contributed by atoms with Crippen LogP contribution in [-0.2, 0) is 14.3 Å². The number of benzene rings is 1. The first kappa shape index (κ1) is 30.5. The van der Waals surface area contributed by atoms with E-state index in [1.54, 1.807) is 6.92 Å². The summed E-state index contributed by atoms with van der Waals surface area (Å²) in [7, 11) is 1.16. The number of rotatable bonds is 12. The van der Waals surface area contributed by atoms with Crippen molar-refractivity contribution in [1.29, 1.82) is 0 Å². The van der Waals surface area contributed by atoms with Crippen molar-refractivity contribution in [3.63, 3.8) is 0 Å². The molecule has 0 bridgehead atoms. The number of methoxy groups -OCH3 is 1. The number of aromatic nitrogens is 1. The Morgan fingerprint density at radius 2 is 1.98 bits per heavy atom. The van der Waals surface area contributed by atoms with Crippen LogP contribution in [0.25, 0.3) is 11.5 Å². The monoisotopic (exact) mass is 595 g/mol. The maximum atomic E-state index is 13.8. The molecular formula is C26H31F2N5O9. The zero-order chi connectivity index (χ0) is 30.6. The van der Waals surface area contributed by atoms with Gasteiger partial charge in [-0.3, -0.25) is 14.4 Å². The highest BCUT2D eigenvalue weighted by atomic mass is 19.3. The second-order valence-corrected chi connectivity index (χ2v) is 9.97. The third-order valence-electron chi connectivity index (χ3n) is 6.63. The Labute approximate surface area is 238 Å². The van der Waals surface area contributed by atoms with Crippen molar-refractivity contribution in [3.8, 4) is 23.0 Å². The van der Waals surface area contributed by atoms with Crippen LogP contribution in [0.3, 0.4) is 0 Å². The lowest BCUT2D eigenvalue weighted by Crippen LogP contribution is -2.47. The Morgan fingerprint density at radius 1 is 1.24 bits per heavy atom. The molecule has 16 heteroatoms. The summed E-state index contributed by atoms with van der Waals surface area (Å²) in [4.78, 5) is 54.9. The molecule has 4 rings (SSSR count). The van der Waals surface area contributed by atoms with Crippen LogP contribution in [0.2, 0.25) is 0 Å². The first-order valence-corrected chi connectivity index (χ1v) is 13.1. The zero-order valence-electron chi connectivity index (χ0n) is 22.8. The van der Waals surface area contributed by atoms with Gasteiger partial charge in [0.25, 0.3) is 5.91 Å². The fourth-order valence-electron chi connectivity index (χ4n) is 4.41. The molecule has 0 unspecified atom stereocenters. The molecule has 3 atom stereocenters. The van der Waals surface area contributed by atoms with Crippen LogP contribution < -0.4 is 25.8 Å². The highest BCUT2D eigenvalue weighted by Crippen LogP contribution is 2.37. The molecule has 0 radical (unpaired) electrons. The number of nitrogens with one attached hydrogen (secondary N) is 2. The Balaban J connectivity index is 1.65. The molecule has 2 fully saturated rings. The maximum Gasteiger partial charge on any atom is 0.407 e. The van der Waals surface area contributed by atoms with Gasteiger partial charge in [-0.15, -0.1) is 0 Å². The summed E-state index contributed by atoms with van der Waals surface area (Å²) in [5.74, 6) is -2.70. The van der Waals surface area contributed by atoms with Crippen molar-refractivity contribution in [2.45, 2.75) is 50.9 Å². The van der Waals surface area contributed by atoms with Gasteiger partial charge < -0.3 is 45.0 Å². The van der Waals surface area contributed by atoms with Gasteiger partial charge in [-0.1, -0.05) is 0 Å². The molecule has 1 saturated carbocycles. The van der Waals surface area contributed by atoms with Crippen molar-refractivity contribution in [2.75, 3.05) is 26.8 Å². The number of carbonyl (C=O) groups is 4. The molecule has 2 heterocycles. The topological polar surface area (TPSA) is 196 Å². The van der Waals surface area contributed by atoms with Crippen molar-refractivity contribution >= 4 is 23.9 Å². The minimum Gasteiger partial charge on any atom is -0.489 e. The van der Waals surface area contributed by atoms with E-state index in [2.05, 4.69) is 25.1 Å². The summed E-state index contributed by atoms with van der Waals surface area (Å²) in [5.41, 5.74) is 6.14. The van der Waals surface area contributed by atoms with Gasteiger partial charge in [-0.05, 0) is 50.3 Å². The third kappa shape index (κ3) is 7.43. The Bertz CT molecular complexity index is 1330. The molecule has 1 aromatic carbocycles. The normalized spacial score (nSPS) is 18.9. The number of alkyl carbamates (subject to hydrolysis) is 1. The minimum absolute atomic E-state index is 0.0163. The van der Waals surface area contributed by atoms with Gasteiger partial charge in [-0.25, -0.2) is 9.78 Å². The number of aliphatic carboxylic acids is 1. The largest absolute Gasteiger partial charge is 0.489 e. The van der Waals surface area contributed by atoms with E-state index in [1.165, 1.54) is 18.2 Å². The first-order valence-electron chi connectivity index (χ1n) is 13.1. The Kier molecular flexibility index (Phi) is 9.45. The summed E-state index contributed by atoms with van der Waals surface area (Å²) >= 11 is 0. The lowest BCUT2D eigenvalue weighted by molar-refractivity contribution is -0.138. The van der Waals surface area contributed by atoms with Crippen LogP contribution in [-0.4, -0.2) is 84.4 Å². The molecule has 1 aliphatic carbocycles. The number of nitrogens with zero attached hydrogens (tertiary/aromatic N) is 2. The van der Waals surface area contributed by atoms with E-state index in [-0.39, 0.29) is 47.4 Å². The summed E-state index contributed by atoms with van der Waals surface area (Å²) in [6.07, 6.45) is 1.13. The summed E-state index contributed by atoms with van der Waals surface area (Å²) in [6.45, 7) is -2.02. The van der Waals surface area contributed by atoms with Crippen LogP contribution in [0, 0.1) is 5.92 Å². The number of amides is 3. The van der Waals surface area contributed by atoms with Gasteiger partial charge in [0, 0.05) is 12.1 Å². The van der Waals surface area contributed by atoms with Crippen molar-refractivity contribution in [2.24, 2.45) is 11.7 Å². The third-order valence-corrected chi connectivity index (χ3v) is 6.63. The fourth-order valence-corrected chi connectivity index (χ4v) is 4.41. The predicted octanol–water partition coefficient (Wildman–Crippen LogP) is 1.89. The smallest absolute Gasteiger partial charge is 0.407 e. The Morgan fingerprint density at radius 3 is 2.60 bits per heavy atom. The molecule has 228 valence electrons. The maximum absolute atomic E-state index is 13.8. The van der Waals surface area contributed by atoms with Crippen LogP contribution >= 0.6 is 0 Å². The number of hydrogen-bond donors (Lipinski definition) is 4. The fraction of sp³-hybridized carbons (Fsp3) is 0.500. The minimum atomic E-state index is -3.08. The van der Waals surface area contributed by atoms with Gasteiger partial charge >= 0.3 is 18.7 Å². The van der Waals surface area contributed by atoms with Gasteiger partial charge in [0.15, 0.2) is 23.0 Å². The van der Waals surface area contributed by atoms with Gasteiger partial charge in [0.1, 0.15) is 12.6 Å². The predicted molar refractivity (Wildman–Crippen MR) is 139 cm³/mol. The number of nitrogens with two attached hydrogens (primary N) is 1. The summed E-state index contributed by atoms with van der Waals surface area (Å²) in [6, 6.07) is 1.39. The molecule has 14 nitrogen and oxygen atoms in total. The van der Waals surface area contributed by atoms with Gasteiger partial charge in [-0.2, -0.15) is 8.78 Å². The highest BCUT2D eigenvalue weighted by molar-refractivity contribution is 5.98. The number of likely N-dealkylation sites (tertiary alicyclic amines) is 1. The van der Waals surface area contributed by atoms with E-state index in [9.17, 15) is 28.0 Å². The SMILES string of the molecule is COC(=O)N[C@@H]1C[C@@H](C(=O)NCC(=O)O)N(C(=O)c2nc(-c3ccc(OC(F)F)c(OCC4CC4)c3)oc2[C@H](C)N)C1. The molecule has 2 aromatic rings. The van der Waals surface area contributed by atoms with Crippen molar-refractivity contribution in [1.82, 2.24) is 20.5 Å². The van der Waals surface area contributed by atoms with E-state index < -0.39 is 55.2 Å². The number of alkyl halides is 2. The second-order valence-electron chi connectivity index (χ2n) is 9.97. The quantitative estimate of drug-likeness (QED) is 0.280. The molecule has 2 aliphatic rings. The molecule has 3 amide bonds. The number of carbonyl (C=O) groups excluding carboxylic acids is 3. The van der Waals surface area contributed by atoms with Crippen LogP contribution in [0.4, 0.5) is 13.6 Å². The van der Waals surface area contributed by atoms with Crippen molar-refractivity contribution < 1.29 is 51.7 Å². The molecular weight excluding hydrogens is 564 g/mol. The first-order chi connectivity index (χ1) is 20.0. The summed E-state index contributed by atoms with van der Waals surface area (Å²) in [5, 5.41) is 13.7. The standard InChI is InChI=1S/C26H31F2N5O9/c1-12(29)21-20(24(37)33-10-15(31-26(38)39-2)8-16(33)22(36)30-9-19(34)35)32-23(42-21)14-5-6-17(41-25(27)28)18(7-14)40-11-13-3-4-13/h5-7,12-13,15-16,25H,3-4,8-11,29H2,1-2H3,(H,30,36)(H,31,38)(H,34,35)/t12-,15+,16-/m0/s1. The van der Waals surface area contributed by atoms with Crippen molar-refractivity contribution in [3.05, 3.63) is 29.7 Å². The van der Waals surface area contributed by atoms with Gasteiger partial charge in [0.05, 0.1) is 25.8 Å². The molecule has 42 heavy (non-hydrogen) atoms. The Hall–Kier alpha value is -4.47. The van der Waals surface area contributed by atoms with Crippen LogP contribution in [0.1, 0.15) is 48.5 Å². The van der Waals surface area contributed by atoms with E-state index in [0.717, 1.165) is 24.9 Å². The molecule has 1 aliphatic heterocycles. The van der Waals surface area contributed by atoms with Crippen LogP contribution in [0.5, 0.6) is 11.5 Å². The van der Waals surface area contributed by atoms with E-state index in [4.69, 9.17) is 20.0 Å².